The van der Waals surface area contributed by atoms with Gasteiger partial charge in [0, 0.05) is 41.4 Å². The number of piperazine rings is 1. The lowest BCUT2D eigenvalue weighted by atomic mass is 9.99. The number of fused-ring (bicyclic) bond motifs is 1. The molecule has 0 aliphatic carbocycles. The van der Waals surface area contributed by atoms with Crippen molar-refractivity contribution >= 4 is 27.9 Å². The molecule has 0 saturated carbocycles. The summed E-state index contributed by atoms with van der Waals surface area (Å²) in [7, 11) is 0. The first-order valence-corrected chi connectivity index (χ1v) is 7.81. The van der Waals surface area contributed by atoms with Gasteiger partial charge >= 0.3 is 0 Å². The van der Waals surface area contributed by atoms with E-state index in [1.165, 1.54) is 31.5 Å². The highest BCUT2D eigenvalue weighted by atomic mass is 79.9. The molecule has 0 radical (unpaired) electrons. The Labute approximate surface area is 122 Å². The Balaban J connectivity index is 1.75. The number of anilines is 1. The highest BCUT2D eigenvalue weighted by Gasteiger charge is 2.28. The minimum atomic E-state index is 0.715. The van der Waals surface area contributed by atoms with Crippen molar-refractivity contribution in [3.8, 4) is 0 Å². The van der Waals surface area contributed by atoms with Crippen molar-refractivity contribution in [3.63, 3.8) is 0 Å². The Morgan fingerprint density at radius 1 is 1.21 bits per heavy atom. The maximum atomic E-state index is 10.9. The molecular weight excluding hydrogens is 304 g/mol. The van der Waals surface area contributed by atoms with E-state index in [0.717, 1.165) is 36.0 Å². The molecule has 102 valence electrons. The Hall–Kier alpha value is -0.870. The lowest BCUT2D eigenvalue weighted by molar-refractivity contribution is 0.112. The number of benzene rings is 1. The SMILES string of the molecule is O=Cc1ccc(N2CCN3CCCCC3C2)cc1Br. The standard InChI is InChI=1S/C15H19BrN2O/c16-15-9-13(5-4-12(15)11-19)18-8-7-17-6-2-1-3-14(17)10-18/h4-5,9,11,14H,1-3,6-8,10H2. The zero-order valence-electron chi connectivity index (χ0n) is 11.0. The van der Waals surface area contributed by atoms with Crippen molar-refractivity contribution in [2.75, 3.05) is 31.1 Å². The molecule has 3 nitrogen and oxygen atoms in total. The van der Waals surface area contributed by atoms with Crippen molar-refractivity contribution in [3.05, 3.63) is 28.2 Å². The van der Waals surface area contributed by atoms with Gasteiger partial charge in [0.05, 0.1) is 0 Å². The fourth-order valence-electron chi connectivity index (χ4n) is 3.20. The van der Waals surface area contributed by atoms with Gasteiger partial charge in [-0.1, -0.05) is 6.42 Å². The van der Waals surface area contributed by atoms with Crippen LogP contribution in [0.2, 0.25) is 0 Å². The first kappa shape index (κ1) is 13.1. The molecule has 19 heavy (non-hydrogen) atoms. The highest BCUT2D eigenvalue weighted by Crippen LogP contribution is 2.27. The van der Waals surface area contributed by atoms with Gasteiger partial charge in [-0.15, -0.1) is 0 Å². The summed E-state index contributed by atoms with van der Waals surface area (Å²) < 4.78 is 0.895. The summed E-state index contributed by atoms with van der Waals surface area (Å²) in [6, 6.07) is 6.75. The summed E-state index contributed by atoms with van der Waals surface area (Å²) in [4.78, 5) is 15.9. The smallest absolute Gasteiger partial charge is 0.151 e. The molecule has 1 aromatic rings. The molecule has 1 unspecified atom stereocenters. The van der Waals surface area contributed by atoms with Crippen molar-refractivity contribution < 1.29 is 4.79 Å². The van der Waals surface area contributed by atoms with Crippen LogP contribution in [0.3, 0.4) is 0 Å². The number of aldehydes is 1. The van der Waals surface area contributed by atoms with Gasteiger partial charge in [0.25, 0.3) is 0 Å². The Morgan fingerprint density at radius 3 is 2.89 bits per heavy atom. The average molecular weight is 323 g/mol. The van der Waals surface area contributed by atoms with Gasteiger partial charge < -0.3 is 4.90 Å². The highest BCUT2D eigenvalue weighted by molar-refractivity contribution is 9.10. The number of halogens is 1. The number of carbonyl (C=O) groups excluding carboxylic acids is 1. The molecule has 2 fully saturated rings. The lowest BCUT2D eigenvalue weighted by Crippen LogP contribution is -2.54. The topological polar surface area (TPSA) is 23.6 Å². The molecule has 3 rings (SSSR count). The summed E-state index contributed by atoms with van der Waals surface area (Å²) >= 11 is 3.47. The first-order valence-electron chi connectivity index (χ1n) is 7.01. The summed E-state index contributed by atoms with van der Waals surface area (Å²) in [6.07, 6.45) is 4.94. The van der Waals surface area contributed by atoms with Gasteiger partial charge in [0.15, 0.2) is 6.29 Å². The summed E-state index contributed by atoms with van der Waals surface area (Å²) in [5.74, 6) is 0. The largest absolute Gasteiger partial charge is 0.369 e. The third-order valence-electron chi connectivity index (χ3n) is 4.31. The van der Waals surface area contributed by atoms with E-state index in [1.54, 1.807) is 0 Å². The molecule has 2 heterocycles. The number of hydrogen-bond donors (Lipinski definition) is 0. The van der Waals surface area contributed by atoms with E-state index in [4.69, 9.17) is 0 Å². The summed E-state index contributed by atoms with van der Waals surface area (Å²) in [5, 5.41) is 0. The van der Waals surface area contributed by atoms with E-state index in [-0.39, 0.29) is 0 Å². The van der Waals surface area contributed by atoms with Gasteiger partial charge in [-0.3, -0.25) is 9.69 Å². The van der Waals surface area contributed by atoms with Crippen LogP contribution < -0.4 is 4.90 Å². The molecule has 0 aromatic heterocycles. The first-order chi connectivity index (χ1) is 9.28. The van der Waals surface area contributed by atoms with Gasteiger partial charge in [-0.05, 0) is 53.5 Å². The number of hydrogen-bond acceptors (Lipinski definition) is 3. The van der Waals surface area contributed by atoms with Crippen LogP contribution in [0.25, 0.3) is 0 Å². The van der Waals surface area contributed by atoms with Crippen molar-refractivity contribution in [2.24, 2.45) is 0 Å². The molecule has 2 aliphatic heterocycles. The maximum absolute atomic E-state index is 10.9. The van der Waals surface area contributed by atoms with E-state index < -0.39 is 0 Å². The summed E-state index contributed by atoms with van der Waals surface area (Å²) in [5.41, 5.74) is 1.95. The Morgan fingerprint density at radius 2 is 2.11 bits per heavy atom. The third-order valence-corrected chi connectivity index (χ3v) is 5.00. The van der Waals surface area contributed by atoms with Gasteiger partial charge in [0.1, 0.15) is 0 Å². The second-order valence-corrected chi connectivity index (χ2v) is 6.31. The molecular formula is C15H19BrN2O. The fourth-order valence-corrected chi connectivity index (χ4v) is 3.66. The van der Waals surface area contributed by atoms with Crippen LogP contribution in [0, 0.1) is 0 Å². The molecule has 0 amide bonds. The molecule has 4 heteroatoms. The van der Waals surface area contributed by atoms with E-state index >= 15 is 0 Å². The number of nitrogens with zero attached hydrogens (tertiary/aromatic N) is 2. The fraction of sp³-hybridized carbons (Fsp3) is 0.533. The van der Waals surface area contributed by atoms with Gasteiger partial charge in [0.2, 0.25) is 0 Å². The molecule has 2 saturated heterocycles. The maximum Gasteiger partial charge on any atom is 0.151 e. The van der Waals surface area contributed by atoms with Crippen LogP contribution in [0.15, 0.2) is 22.7 Å². The minimum Gasteiger partial charge on any atom is -0.369 e. The van der Waals surface area contributed by atoms with Gasteiger partial charge in [-0.25, -0.2) is 0 Å². The van der Waals surface area contributed by atoms with Crippen LogP contribution in [-0.4, -0.2) is 43.4 Å². The number of piperidine rings is 1. The molecule has 0 spiro atoms. The van der Waals surface area contributed by atoms with Crippen molar-refractivity contribution in [2.45, 2.75) is 25.3 Å². The minimum absolute atomic E-state index is 0.715. The Kier molecular flexibility index (Phi) is 3.89. The van der Waals surface area contributed by atoms with Crippen LogP contribution in [0.5, 0.6) is 0 Å². The molecule has 2 aliphatic rings. The number of rotatable bonds is 2. The predicted octanol–water partition coefficient (Wildman–Crippen LogP) is 2.94. The molecule has 0 N–H and O–H groups in total. The molecule has 0 bridgehead atoms. The van der Waals surface area contributed by atoms with Gasteiger partial charge in [-0.2, -0.15) is 0 Å². The monoisotopic (exact) mass is 322 g/mol. The van der Waals surface area contributed by atoms with E-state index in [9.17, 15) is 4.79 Å². The van der Waals surface area contributed by atoms with Crippen LogP contribution in [0.4, 0.5) is 5.69 Å². The van der Waals surface area contributed by atoms with E-state index in [2.05, 4.69) is 37.9 Å². The second kappa shape index (κ2) is 5.63. The zero-order chi connectivity index (χ0) is 13.2. The van der Waals surface area contributed by atoms with E-state index in [0.29, 0.717) is 6.04 Å². The third kappa shape index (κ3) is 2.70. The van der Waals surface area contributed by atoms with Crippen LogP contribution >= 0.6 is 15.9 Å². The summed E-state index contributed by atoms with van der Waals surface area (Å²) in [6.45, 7) is 4.64. The molecule has 1 aromatic carbocycles. The predicted molar refractivity (Wildman–Crippen MR) is 81.0 cm³/mol. The van der Waals surface area contributed by atoms with E-state index in [1.807, 2.05) is 6.07 Å². The van der Waals surface area contributed by atoms with Crippen LogP contribution in [-0.2, 0) is 0 Å². The number of carbonyl (C=O) groups is 1. The molecule has 1 atom stereocenters. The second-order valence-electron chi connectivity index (χ2n) is 5.46. The van der Waals surface area contributed by atoms with Crippen LogP contribution in [0.1, 0.15) is 29.6 Å². The lowest BCUT2D eigenvalue weighted by Gasteiger charge is -2.45. The Bertz CT molecular complexity index is 477. The van der Waals surface area contributed by atoms with Crippen molar-refractivity contribution in [1.29, 1.82) is 0 Å². The zero-order valence-corrected chi connectivity index (χ0v) is 12.6. The average Bonchev–Trinajstić information content (AvgIpc) is 2.46. The van der Waals surface area contributed by atoms with Crippen molar-refractivity contribution in [1.82, 2.24) is 4.90 Å². The quantitative estimate of drug-likeness (QED) is 0.782. The normalized spacial score (nSPS) is 24.1.